The maximum Gasteiger partial charge on any atom is 0.273 e. The second-order valence-electron chi connectivity index (χ2n) is 8.31. The molecule has 1 aliphatic heterocycles. The number of carbonyl (C=O) groups is 2. The molecule has 1 saturated carbocycles. The first kappa shape index (κ1) is 20.6. The van der Waals surface area contributed by atoms with E-state index in [-0.39, 0.29) is 29.8 Å². The Morgan fingerprint density at radius 2 is 1.97 bits per heavy atom. The van der Waals surface area contributed by atoms with Crippen molar-refractivity contribution in [1.82, 2.24) is 19.9 Å². The summed E-state index contributed by atoms with van der Waals surface area (Å²) in [6.07, 6.45) is 5.26. The monoisotopic (exact) mass is 452 g/mol. The third-order valence-electron chi connectivity index (χ3n) is 5.73. The van der Waals surface area contributed by atoms with E-state index >= 15 is 0 Å². The summed E-state index contributed by atoms with van der Waals surface area (Å²) in [7, 11) is 0. The molecule has 5 rings (SSSR count). The zero-order chi connectivity index (χ0) is 22.1. The predicted octanol–water partition coefficient (Wildman–Crippen LogP) is 1.99. The van der Waals surface area contributed by atoms with Crippen molar-refractivity contribution in [2.75, 3.05) is 23.3 Å². The number of nitrogens with zero attached hydrogens (tertiary/aromatic N) is 4. The zero-order valence-corrected chi connectivity index (χ0v) is 18.3. The van der Waals surface area contributed by atoms with Crippen LogP contribution in [0.15, 0.2) is 41.5 Å². The minimum absolute atomic E-state index is 0.0670. The van der Waals surface area contributed by atoms with Gasteiger partial charge in [-0.1, -0.05) is 29.5 Å². The molecule has 9 nitrogen and oxygen atoms in total. The number of carbonyl (C=O) groups excluding carboxylic acids is 2. The molecule has 3 aromatic rings. The van der Waals surface area contributed by atoms with E-state index in [4.69, 9.17) is 0 Å². The zero-order valence-electron chi connectivity index (χ0n) is 17.5. The van der Waals surface area contributed by atoms with Crippen molar-refractivity contribution in [3.05, 3.63) is 47.0 Å². The second-order valence-corrected chi connectivity index (χ2v) is 9.29. The Kier molecular flexibility index (Phi) is 5.60. The number of hydrogen-bond acceptors (Lipinski definition) is 7. The molecule has 2 fully saturated rings. The third kappa shape index (κ3) is 4.50. The van der Waals surface area contributed by atoms with Crippen molar-refractivity contribution >= 4 is 44.3 Å². The van der Waals surface area contributed by atoms with Crippen molar-refractivity contribution in [3.8, 4) is 0 Å². The van der Waals surface area contributed by atoms with Crippen molar-refractivity contribution in [2.45, 2.75) is 38.3 Å². The number of thiazole rings is 1. The normalized spacial score (nSPS) is 18.5. The molecule has 1 saturated heterocycles. The van der Waals surface area contributed by atoms with Crippen molar-refractivity contribution in [1.29, 1.82) is 0 Å². The van der Waals surface area contributed by atoms with E-state index in [1.165, 1.54) is 22.2 Å². The highest BCUT2D eigenvalue weighted by Crippen LogP contribution is 2.30. The minimum Gasteiger partial charge on any atom is -0.353 e. The molecule has 32 heavy (non-hydrogen) atoms. The Morgan fingerprint density at radius 3 is 2.75 bits per heavy atom. The molecule has 1 aromatic carbocycles. The van der Waals surface area contributed by atoms with Crippen LogP contribution in [0.1, 0.15) is 25.7 Å². The third-order valence-corrected chi connectivity index (χ3v) is 6.82. The van der Waals surface area contributed by atoms with Crippen LogP contribution in [0.3, 0.4) is 0 Å². The van der Waals surface area contributed by atoms with Gasteiger partial charge in [0, 0.05) is 24.8 Å². The molecule has 1 atom stereocenters. The van der Waals surface area contributed by atoms with E-state index < -0.39 is 0 Å². The van der Waals surface area contributed by atoms with Crippen LogP contribution in [0.25, 0.3) is 10.3 Å². The lowest BCUT2D eigenvalue weighted by molar-refractivity contribution is -0.125. The van der Waals surface area contributed by atoms with E-state index in [1.807, 2.05) is 18.2 Å². The van der Waals surface area contributed by atoms with Crippen LogP contribution in [0.5, 0.6) is 0 Å². The van der Waals surface area contributed by atoms with Gasteiger partial charge in [-0.25, -0.2) is 4.98 Å². The predicted molar refractivity (Wildman–Crippen MR) is 123 cm³/mol. The molecule has 0 bridgehead atoms. The Balaban J connectivity index is 1.30. The minimum atomic E-state index is -0.301. The summed E-state index contributed by atoms with van der Waals surface area (Å²) in [6.45, 7) is 1.25. The van der Waals surface area contributed by atoms with Gasteiger partial charge < -0.3 is 15.5 Å². The van der Waals surface area contributed by atoms with Gasteiger partial charge in [0.2, 0.25) is 11.8 Å². The Hall–Kier alpha value is -3.27. The van der Waals surface area contributed by atoms with E-state index in [9.17, 15) is 14.4 Å². The number of rotatable bonds is 6. The van der Waals surface area contributed by atoms with Crippen LogP contribution in [-0.4, -0.2) is 45.5 Å². The highest BCUT2D eigenvalue weighted by Gasteiger charge is 2.31. The van der Waals surface area contributed by atoms with Gasteiger partial charge in [-0.05, 0) is 37.8 Å². The summed E-state index contributed by atoms with van der Waals surface area (Å²) in [5.41, 5.74) is 0.756. The first-order valence-electron chi connectivity index (χ1n) is 10.8. The second kappa shape index (κ2) is 8.70. The number of benzene rings is 1. The fourth-order valence-electron chi connectivity index (χ4n) is 3.87. The smallest absolute Gasteiger partial charge is 0.273 e. The van der Waals surface area contributed by atoms with Crippen molar-refractivity contribution in [3.63, 3.8) is 0 Å². The fourth-order valence-corrected chi connectivity index (χ4v) is 4.88. The van der Waals surface area contributed by atoms with Crippen molar-refractivity contribution < 1.29 is 9.59 Å². The molecule has 3 heterocycles. The van der Waals surface area contributed by atoms with Crippen LogP contribution in [0, 0.1) is 5.92 Å². The van der Waals surface area contributed by atoms with Crippen LogP contribution >= 0.6 is 11.3 Å². The molecule has 2 N–H and O–H groups in total. The lowest BCUT2D eigenvalue weighted by Crippen LogP contribution is -2.43. The van der Waals surface area contributed by atoms with Gasteiger partial charge in [0.25, 0.3) is 5.56 Å². The van der Waals surface area contributed by atoms with E-state index in [1.54, 1.807) is 12.1 Å². The van der Waals surface area contributed by atoms with Crippen molar-refractivity contribution in [2.24, 2.45) is 5.92 Å². The van der Waals surface area contributed by atoms with Gasteiger partial charge in [-0.3, -0.25) is 19.0 Å². The van der Waals surface area contributed by atoms with Gasteiger partial charge >= 0.3 is 0 Å². The number of hydrogen-bond donors (Lipinski definition) is 2. The van der Waals surface area contributed by atoms with Crippen LogP contribution < -0.4 is 21.1 Å². The van der Waals surface area contributed by atoms with Gasteiger partial charge in [-0.15, -0.1) is 0 Å². The van der Waals surface area contributed by atoms with Gasteiger partial charge in [0.05, 0.1) is 5.92 Å². The van der Waals surface area contributed by atoms with Crippen LogP contribution in [0.2, 0.25) is 0 Å². The first-order valence-corrected chi connectivity index (χ1v) is 11.6. The summed E-state index contributed by atoms with van der Waals surface area (Å²) in [5.74, 6) is -0.254. The summed E-state index contributed by atoms with van der Waals surface area (Å²) >= 11 is 1.27. The number of fused-ring (bicyclic) bond motifs is 1. The number of anilines is 2. The van der Waals surface area contributed by atoms with E-state index in [0.717, 1.165) is 32.2 Å². The highest BCUT2D eigenvalue weighted by molar-refractivity contribution is 7.22. The molecular weight excluding hydrogens is 428 g/mol. The van der Waals surface area contributed by atoms with Gasteiger partial charge in [0.15, 0.2) is 10.8 Å². The Labute approximate surface area is 188 Å². The van der Waals surface area contributed by atoms with Crippen LogP contribution in [-0.2, 0) is 16.1 Å². The summed E-state index contributed by atoms with van der Waals surface area (Å²) in [5, 5.41) is 6.55. The lowest BCUT2D eigenvalue weighted by Gasteiger charge is -2.31. The standard InChI is InChI=1S/C22H24N6O3S/c29-17(24-15-6-2-1-3-7-15)12-28-13-23-19-18(21(28)31)32-22(26-19)27-10-4-5-14(11-27)20(30)25-16-8-9-16/h1-3,6-7,13-14,16H,4-5,8-12H2,(H,24,29)(H,25,30). The molecular formula is C22H24N6O3S. The first-order chi connectivity index (χ1) is 15.6. The lowest BCUT2D eigenvalue weighted by atomic mass is 9.97. The number of amides is 2. The molecule has 2 aromatic heterocycles. The molecule has 2 amide bonds. The summed E-state index contributed by atoms with van der Waals surface area (Å²) < 4.78 is 1.71. The number of aromatic nitrogens is 3. The van der Waals surface area contributed by atoms with E-state index in [2.05, 4.69) is 25.5 Å². The van der Waals surface area contributed by atoms with Gasteiger partial charge in [-0.2, -0.15) is 4.98 Å². The molecule has 0 spiro atoms. The summed E-state index contributed by atoms with van der Waals surface area (Å²) in [4.78, 5) is 48.7. The maximum atomic E-state index is 12.9. The molecule has 1 unspecified atom stereocenters. The number of nitrogens with one attached hydrogen (secondary N) is 2. The van der Waals surface area contributed by atoms with E-state index in [0.29, 0.717) is 33.8 Å². The largest absolute Gasteiger partial charge is 0.353 e. The highest BCUT2D eigenvalue weighted by atomic mass is 32.1. The Morgan fingerprint density at radius 1 is 1.16 bits per heavy atom. The summed E-state index contributed by atoms with van der Waals surface area (Å²) in [6, 6.07) is 9.44. The topological polar surface area (TPSA) is 109 Å². The molecule has 10 heteroatoms. The fraction of sp³-hybridized carbons (Fsp3) is 0.409. The number of piperidine rings is 1. The van der Waals surface area contributed by atoms with Crippen LogP contribution in [0.4, 0.5) is 10.8 Å². The average molecular weight is 453 g/mol. The SMILES string of the molecule is O=C(Cn1cnc2nc(N3CCCC(C(=O)NC4CC4)C3)sc2c1=O)Nc1ccccc1. The molecule has 0 radical (unpaired) electrons. The van der Waals surface area contributed by atoms with Gasteiger partial charge in [0.1, 0.15) is 17.6 Å². The maximum absolute atomic E-state index is 12.9. The molecule has 1 aliphatic carbocycles. The Bertz CT molecular complexity index is 1200. The quantitative estimate of drug-likeness (QED) is 0.592. The molecule has 166 valence electrons. The average Bonchev–Trinajstić information content (AvgIpc) is 3.51. The number of para-hydroxylation sites is 1. The molecule has 2 aliphatic rings.